The second-order valence-corrected chi connectivity index (χ2v) is 12.8. The van der Waals surface area contributed by atoms with Crippen LogP contribution in [0.2, 0.25) is 0 Å². The smallest absolute Gasteiger partial charge is 0.225 e. The summed E-state index contributed by atoms with van der Waals surface area (Å²) in [5.74, 6) is 1.08. The third-order valence-electron chi connectivity index (χ3n) is 8.28. The maximum atomic E-state index is 12.9. The number of rotatable bonds is 17. The van der Waals surface area contributed by atoms with E-state index in [1.165, 1.54) is 58.7 Å². The van der Waals surface area contributed by atoms with Gasteiger partial charge in [0.05, 0.1) is 17.4 Å². The fourth-order valence-corrected chi connectivity index (χ4v) is 5.96. The van der Waals surface area contributed by atoms with Crippen LogP contribution in [0.3, 0.4) is 0 Å². The van der Waals surface area contributed by atoms with Gasteiger partial charge in [0, 0.05) is 44.5 Å². The molecule has 0 bridgehead atoms. The van der Waals surface area contributed by atoms with Crippen molar-refractivity contribution >= 4 is 33.7 Å². The van der Waals surface area contributed by atoms with E-state index in [2.05, 4.69) is 75.5 Å². The normalized spacial score (nSPS) is 15.1. The van der Waals surface area contributed by atoms with E-state index in [0.717, 1.165) is 60.8 Å². The minimum atomic E-state index is 0.0173. The first-order chi connectivity index (χ1) is 20.3. The number of aromatic nitrogens is 3. The number of amides is 1. The number of benzene rings is 1. The summed E-state index contributed by atoms with van der Waals surface area (Å²) in [5.41, 5.74) is 2.70. The number of para-hydroxylation sites is 1. The lowest BCUT2D eigenvalue weighted by atomic mass is 10.1. The third-order valence-corrected chi connectivity index (χ3v) is 8.28. The molecule has 1 fully saturated rings. The number of pyridine rings is 1. The van der Waals surface area contributed by atoms with Gasteiger partial charge in [-0.05, 0) is 91.5 Å². The van der Waals surface area contributed by atoms with E-state index in [1.54, 1.807) is 0 Å². The van der Waals surface area contributed by atoms with E-state index in [9.17, 15) is 4.79 Å². The van der Waals surface area contributed by atoms with Gasteiger partial charge < -0.3 is 29.5 Å². The minimum absolute atomic E-state index is 0.0173. The summed E-state index contributed by atoms with van der Waals surface area (Å²) in [5, 5.41) is 4.14. The Morgan fingerprint density at radius 3 is 2.26 bits per heavy atom. The van der Waals surface area contributed by atoms with Crippen molar-refractivity contribution in [1.82, 2.24) is 34.1 Å². The monoisotopic (exact) mass is 578 g/mol. The van der Waals surface area contributed by atoms with Crippen molar-refractivity contribution < 1.29 is 4.79 Å². The first-order valence-electron chi connectivity index (χ1n) is 16.1. The van der Waals surface area contributed by atoms with E-state index in [0.29, 0.717) is 18.2 Å². The number of unbranched alkanes of at least 4 members (excludes halogenated alkanes) is 2. The Labute approximate surface area is 253 Å². The Balaban J connectivity index is 1.12. The minimum Gasteiger partial charge on any atom is -0.330 e. The van der Waals surface area contributed by atoms with Crippen molar-refractivity contribution in [1.29, 1.82) is 0 Å². The molecular formula is C33H54N8O. The van der Waals surface area contributed by atoms with Gasteiger partial charge in [-0.1, -0.05) is 38.5 Å². The fraction of sp³-hybridized carbons (Fsp3) is 0.667. The molecular weight excluding hydrogens is 524 g/mol. The first kappa shape index (κ1) is 32.3. The summed E-state index contributed by atoms with van der Waals surface area (Å²) in [4.78, 5) is 32.2. The Hall–Kier alpha value is -2.59. The molecule has 1 aliphatic rings. The molecule has 0 aliphatic carbocycles. The maximum Gasteiger partial charge on any atom is 0.225 e. The average Bonchev–Trinajstić information content (AvgIpc) is 3.37. The largest absolute Gasteiger partial charge is 0.330 e. The van der Waals surface area contributed by atoms with Crippen molar-refractivity contribution in [3.05, 3.63) is 30.6 Å². The first-order valence-corrected chi connectivity index (χ1v) is 16.1. The van der Waals surface area contributed by atoms with Crippen LogP contribution in [0.1, 0.15) is 52.4 Å². The lowest BCUT2D eigenvalue weighted by molar-refractivity contribution is -0.116. The number of imidazole rings is 1. The second-order valence-electron chi connectivity index (χ2n) is 12.8. The van der Waals surface area contributed by atoms with Crippen LogP contribution in [0, 0.1) is 5.92 Å². The molecule has 1 saturated heterocycles. The molecule has 1 aromatic carbocycles. The number of nitrogens with zero attached hydrogens (tertiary/aromatic N) is 7. The Kier molecular flexibility index (Phi) is 12.6. The van der Waals surface area contributed by atoms with Crippen LogP contribution in [-0.2, 0) is 11.3 Å². The molecule has 1 amide bonds. The maximum absolute atomic E-state index is 12.9. The highest BCUT2D eigenvalue weighted by atomic mass is 16.1. The highest BCUT2D eigenvalue weighted by Crippen LogP contribution is 2.29. The molecule has 9 nitrogen and oxygen atoms in total. The zero-order valence-electron chi connectivity index (χ0n) is 26.8. The van der Waals surface area contributed by atoms with E-state index >= 15 is 0 Å². The van der Waals surface area contributed by atoms with E-state index in [-0.39, 0.29) is 5.91 Å². The quantitative estimate of drug-likeness (QED) is 0.234. The number of hydrogen-bond acceptors (Lipinski definition) is 7. The molecule has 2 aromatic heterocycles. The topological polar surface area (TPSA) is 72.8 Å². The van der Waals surface area contributed by atoms with Crippen molar-refractivity contribution in [2.75, 3.05) is 85.4 Å². The summed E-state index contributed by atoms with van der Waals surface area (Å²) in [6.45, 7) is 15.9. The highest BCUT2D eigenvalue weighted by Gasteiger charge is 2.17. The molecule has 0 atom stereocenters. The molecule has 0 radical (unpaired) electrons. The van der Waals surface area contributed by atoms with Gasteiger partial charge >= 0.3 is 0 Å². The Bertz CT molecular complexity index is 1250. The molecule has 3 aromatic rings. The van der Waals surface area contributed by atoms with Gasteiger partial charge in [-0.3, -0.25) is 4.79 Å². The van der Waals surface area contributed by atoms with Crippen molar-refractivity contribution in [3.63, 3.8) is 0 Å². The van der Waals surface area contributed by atoms with Crippen molar-refractivity contribution in [3.8, 4) is 0 Å². The molecule has 3 heterocycles. The third kappa shape index (κ3) is 9.73. The zero-order chi connectivity index (χ0) is 29.9. The van der Waals surface area contributed by atoms with Crippen LogP contribution >= 0.6 is 0 Å². The molecule has 1 N–H and O–H groups in total. The number of hydrogen-bond donors (Lipinski definition) is 1. The van der Waals surface area contributed by atoms with Crippen LogP contribution in [0.5, 0.6) is 0 Å². The zero-order valence-corrected chi connectivity index (χ0v) is 26.8. The second kappa shape index (κ2) is 16.3. The lowest BCUT2D eigenvalue weighted by Crippen LogP contribution is -2.47. The summed E-state index contributed by atoms with van der Waals surface area (Å²) in [6.07, 6.45) is 7.92. The molecule has 4 rings (SSSR count). The number of anilines is 1. The van der Waals surface area contributed by atoms with Crippen LogP contribution in [0.4, 0.5) is 5.82 Å². The van der Waals surface area contributed by atoms with Gasteiger partial charge in [0.25, 0.3) is 0 Å². The standard InChI is InChI=1S/C33H54N8O/c1-27(2)25-41-26-34-31-32(41)28-13-8-9-14-29(28)35-33(31)36-30(42)15-7-6-10-17-38(5)18-12-20-40-23-21-39(22-24-40)19-11-16-37(3)4/h8-9,13-14,26-27H,6-7,10-12,15-25H2,1-5H3,(H,35,36,42). The molecule has 0 unspecified atom stereocenters. The predicted molar refractivity (Wildman–Crippen MR) is 175 cm³/mol. The summed E-state index contributed by atoms with van der Waals surface area (Å²) < 4.78 is 2.19. The van der Waals surface area contributed by atoms with E-state index in [4.69, 9.17) is 4.98 Å². The molecule has 9 heteroatoms. The van der Waals surface area contributed by atoms with E-state index < -0.39 is 0 Å². The van der Waals surface area contributed by atoms with Crippen LogP contribution in [-0.4, -0.2) is 120 Å². The van der Waals surface area contributed by atoms with Crippen molar-refractivity contribution in [2.24, 2.45) is 5.92 Å². The van der Waals surface area contributed by atoms with Crippen molar-refractivity contribution in [2.45, 2.75) is 58.9 Å². The summed E-state index contributed by atoms with van der Waals surface area (Å²) in [7, 11) is 6.53. The molecule has 1 aliphatic heterocycles. The van der Waals surface area contributed by atoms with Gasteiger partial charge in [0.2, 0.25) is 5.91 Å². The number of carbonyl (C=O) groups excluding carboxylic acids is 1. The van der Waals surface area contributed by atoms with E-state index in [1.807, 2.05) is 24.5 Å². The van der Waals surface area contributed by atoms with Gasteiger partial charge in [-0.15, -0.1) is 0 Å². The predicted octanol–water partition coefficient (Wildman–Crippen LogP) is 4.63. The Morgan fingerprint density at radius 2 is 1.57 bits per heavy atom. The number of piperazine rings is 1. The van der Waals surface area contributed by atoms with Crippen LogP contribution in [0.25, 0.3) is 21.9 Å². The highest BCUT2D eigenvalue weighted by molar-refractivity contribution is 6.09. The number of fused-ring (bicyclic) bond motifs is 3. The average molecular weight is 579 g/mol. The Morgan fingerprint density at radius 1 is 0.905 bits per heavy atom. The van der Waals surface area contributed by atoms with Gasteiger partial charge in [0.15, 0.2) is 5.82 Å². The molecule has 42 heavy (non-hydrogen) atoms. The number of carbonyl (C=O) groups is 1. The SMILES string of the molecule is CC(C)Cn1cnc2c(NC(=O)CCCCCN(C)CCCN3CCN(CCCN(C)C)CC3)nc3ccccc3c21. The van der Waals surface area contributed by atoms with Gasteiger partial charge in [-0.2, -0.15) is 0 Å². The molecule has 0 saturated carbocycles. The summed E-state index contributed by atoms with van der Waals surface area (Å²) >= 11 is 0. The summed E-state index contributed by atoms with van der Waals surface area (Å²) in [6, 6.07) is 8.11. The lowest BCUT2D eigenvalue weighted by Gasteiger charge is -2.35. The molecule has 232 valence electrons. The fourth-order valence-electron chi connectivity index (χ4n) is 5.96. The van der Waals surface area contributed by atoms with Gasteiger partial charge in [-0.25, -0.2) is 9.97 Å². The van der Waals surface area contributed by atoms with Gasteiger partial charge in [0.1, 0.15) is 5.52 Å². The number of nitrogens with one attached hydrogen (secondary N) is 1. The van der Waals surface area contributed by atoms with Crippen LogP contribution in [0.15, 0.2) is 30.6 Å². The van der Waals surface area contributed by atoms with Crippen LogP contribution < -0.4 is 5.32 Å². The molecule has 0 spiro atoms.